The fourth-order valence-corrected chi connectivity index (χ4v) is 4.18. The summed E-state index contributed by atoms with van der Waals surface area (Å²) in [6, 6.07) is 0. The second-order valence-corrected chi connectivity index (χ2v) is 6.62. The fraction of sp³-hybridized carbons (Fsp3) is 0.938. The van der Waals surface area contributed by atoms with Crippen LogP contribution in [0.5, 0.6) is 0 Å². The molecule has 0 N–H and O–H groups in total. The van der Waals surface area contributed by atoms with Gasteiger partial charge in [-0.2, -0.15) is 0 Å². The number of carbonyl (C=O) groups excluding carboxylic acids is 1. The standard InChI is InChI=1S/C16H27NO2/c18-16(14-7-10-19-11-8-14)17-9-6-15(12-17)13-4-2-1-3-5-13/h13-15H,1-12H2/t15-/m1/s1. The zero-order chi connectivity index (χ0) is 13.1. The molecule has 3 nitrogen and oxygen atoms in total. The van der Waals surface area contributed by atoms with Gasteiger partial charge in [-0.25, -0.2) is 0 Å². The highest BCUT2D eigenvalue weighted by atomic mass is 16.5. The van der Waals surface area contributed by atoms with Crippen molar-refractivity contribution in [3.05, 3.63) is 0 Å². The molecule has 1 saturated carbocycles. The average molecular weight is 265 g/mol. The number of ether oxygens (including phenoxy) is 1. The van der Waals surface area contributed by atoms with Crippen LogP contribution in [0, 0.1) is 17.8 Å². The molecule has 2 saturated heterocycles. The Kier molecular flexibility index (Phi) is 4.42. The van der Waals surface area contributed by atoms with Gasteiger partial charge in [0.25, 0.3) is 0 Å². The van der Waals surface area contributed by atoms with Crippen LogP contribution in [0.4, 0.5) is 0 Å². The SMILES string of the molecule is O=C(C1CCOCC1)N1CC[C@@H](C2CCCCC2)C1. The summed E-state index contributed by atoms with van der Waals surface area (Å²) >= 11 is 0. The molecule has 2 heterocycles. The van der Waals surface area contributed by atoms with Crippen LogP contribution in [0.25, 0.3) is 0 Å². The molecule has 0 radical (unpaired) electrons. The summed E-state index contributed by atoms with van der Waals surface area (Å²) in [5.41, 5.74) is 0. The van der Waals surface area contributed by atoms with Crippen LogP contribution in [-0.4, -0.2) is 37.1 Å². The number of amides is 1. The van der Waals surface area contributed by atoms with E-state index in [1.165, 1.54) is 38.5 Å². The maximum Gasteiger partial charge on any atom is 0.225 e. The predicted molar refractivity (Wildman–Crippen MR) is 74.8 cm³/mol. The van der Waals surface area contributed by atoms with E-state index in [0.717, 1.165) is 51.0 Å². The van der Waals surface area contributed by atoms with Crippen molar-refractivity contribution in [2.45, 2.75) is 51.4 Å². The summed E-state index contributed by atoms with van der Waals surface area (Å²) < 4.78 is 5.36. The van der Waals surface area contributed by atoms with Crippen molar-refractivity contribution in [3.63, 3.8) is 0 Å². The molecular formula is C16H27NO2. The van der Waals surface area contributed by atoms with E-state index in [-0.39, 0.29) is 5.92 Å². The van der Waals surface area contributed by atoms with E-state index in [9.17, 15) is 4.79 Å². The Bertz CT molecular complexity index is 306. The third-order valence-electron chi connectivity index (χ3n) is 5.42. The van der Waals surface area contributed by atoms with Gasteiger partial charge in [0.05, 0.1) is 0 Å². The Labute approximate surface area is 116 Å². The first-order chi connectivity index (χ1) is 9.34. The Morgan fingerprint density at radius 1 is 0.895 bits per heavy atom. The summed E-state index contributed by atoms with van der Waals surface area (Å²) in [4.78, 5) is 14.7. The summed E-state index contributed by atoms with van der Waals surface area (Å²) in [5.74, 6) is 2.37. The van der Waals surface area contributed by atoms with Gasteiger partial charge in [0.1, 0.15) is 0 Å². The molecule has 0 aromatic rings. The maximum absolute atomic E-state index is 12.5. The molecule has 3 heteroatoms. The first-order valence-electron chi connectivity index (χ1n) is 8.21. The van der Waals surface area contributed by atoms with Crippen molar-refractivity contribution in [3.8, 4) is 0 Å². The zero-order valence-corrected chi connectivity index (χ0v) is 12.0. The van der Waals surface area contributed by atoms with Crippen LogP contribution in [0.3, 0.4) is 0 Å². The highest BCUT2D eigenvalue weighted by Crippen LogP contribution is 2.35. The lowest BCUT2D eigenvalue weighted by Crippen LogP contribution is -2.37. The van der Waals surface area contributed by atoms with Crippen molar-refractivity contribution < 1.29 is 9.53 Å². The molecule has 2 aliphatic heterocycles. The molecule has 1 atom stereocenters. The highest BCUT2D eigenvalue weighted by Gasteiger charge is 2.35. The number of nitrogens with zero attached hydrogens (tertiary/aromatic N) is 1. The van der Waals surface area contributed by atoms with E-state index in [0.29, 0.717) is 5.91 Å². The van der Waals surface area contributed by atoms with Gasteiger partial charge in [-0.05, 0) is 31.1 Å². The molecule has 108 valence electrons. The summed E-state index contributed by atoms with van der Waals surface area (Å²) in [6.45, 7) is 3.60. The van der Waals surface area contributed by atoms with Crippen molar-refractivity contribution in [1.29, 1.82) is 0 Å². The average Bonchev–Trinajstić information content (AvgIpc) is 2.98. The first-order valence-corrected chi connectivity index (χ1v) is 8.21. The molecule has 0 aromatic carbocycles. The van der Waals surface area contributed by atoms with Crippen molar-refractivity contribution >= 4 is 5.91 Å². The number of likely N-dealkylation sites (tertiary alicyclic amines) is 1. The van der Waals surface area contributed by atoms with E-state index >= 15 is 0 Å². The van der Waals surface area contributed by atoms with E-state index in [1.54, 1.807) is 0 Å². The van der Waals surface area contributed by atoms with Gasteiger partial charge in [-0.15, -0.1) is 0 Å². The van der Waals surface area contributed by atoms with Gasteiger partial charge in [-0.1, -0.05) is 32.1 Å². The molecule has 0 unspecified atom stereocenters. The lowest BCUT2D eigenvalue weighted by molar-refractivity contribution is -0.137. The summed E-state index contributed by atoms with van der Waals surface area (Å²) in [6.07, 6.45) is 10.2. The molecule has 0 bridgehead atoms. The van der Waals surface area contributed by atoms with Gasteiger partial charge in [-0.3, -0.25) is 4.79 Å². The molecule has 0 aromatic heterocycles. The van der Waals surface area contributed by atoms with Gasteiger partial charge in [0.15, 0.2) is 0 Å². The molecule has 3 rings (SSSR count). The normalized spacial score (nSPS) is 30.7. The van der Waals surface area contributed by atoms with Gasteiger partial charge < -0.3 is 9.64 Å². The van der Waals surface area contributed by atoms with E-state index in [2.05, 4.69) is 4.90 Å². The van der Waals surface area contributed by atoms with Crippen LogP contribution in [0.15, 0.2) is 0 Å². The minimum atomic E-state index is 0.249. The largest absolute Gasteiger partial charge is 0.381 e. The molecule has 1 amide bonds. The number of carbonyl (C=O) groups is 1. The van der Waals surface area contributed by atoms with Crippen LogP contribution < -0.4 is 0 Å². The van der Waals surface area contributed by atoms with Crippen molar-refractivity contribution in [1.82, 2.24) is 4.90 Å². The van der Waals surface area contributed by atoms with Crippen LogP contribution in [0.1, 0.15) is 51.4 Å². The van der Waals surface area contributed by atoms with E-state index in [4.69, 9.17) is 4.74 Å². The van der Waals surface area contributed by atoms with Crippen molar-refractivity contribution in [2.75, 3.05) is 26.3 Å². The smallest absolute Gasteiger partial charge is 0.225 e. The molecule has 1 aliphatic carbocycles. The summed E-state index contributed by atoms with van der Waals surface area (Å²) in [5, 5.41) is 0. The van der Waals surface area contributed by atoms with Crippen LogP contribution in [-0.2, 0) is 9.53 Å². The Balaban J connectivity index is 1.51. The fourth-order valence-electron chi connectivity index (χ4n) is 4.18. The quantitative estimate of drug-likeness (QED) is 0.768. The Hall–Kier alpha value is -0.570. The monoisotopic (exact) mass is 265 g/mol. The zero-order valence-electron chi connectivity index (χ0n) is 12.0. The molecular weight excluding hydrogens is 238 g/mol. The lowest BCUT2D eigenvalue weighted by atomic mass is 9.79. The minimum Gasteiger partial charge on any atom is -0.381 e. The van der Waals surface area contributed by atoms with Crippen LogP contribution in [0.2, 0.25) is 0 Å². The van der Waals surface area contributed by atoms with E-state index in [1.807, 2.05) is 0 Å². The molecule has 3 aliphatic rings. The molecule has 19 heavy (non-hydrogen) atoms. The number of rotatable bonds is 2. The third-order valence-corrected chi connectivity index (χ3v) is 5.42. The molecule has 3 fully saturated rings. The number of hydrogen-bond donors (Lipinski definition) is 0. The topological polar surface area (TPSA) is 29.5 Å². The minimum absolute atomic E-state index is 0.249. The first kappa shape index (κ1) is 13.4. The third kappa shape index (κ3) is 3.13. The highest BCUT2D eigenvalue weighted by molar-refractivity contribution is 5.79. The molecule has 0 spiro atoms. The maximum atomic E-state index is 12.5. The predicted octanol–water partition coefficient (Wildman–Crippen LogP) is 2.84. The van der Waals surface area contributed by atoms with Crippen LogP contribution >= 0.6 is 0 Å². The summed E-state index contributed by atoms with van der Waals surface area (Å²) in [7, 11) is 0. The van der Waals surface area contributed by atoms with Gasteiger partial charge in [0.2, 0.25) is 5.91 Å². The second-order valence-electron chi connectivity index (χ2n) is 6.62. The van der Waals surface area contributed by atoms with Gasteiger partial charge in [0, 0.05) is 32.2 Å². The van der Waals surface area contributed by atoms with Crippen molar-refractivity contribution in [2.24, 2.45) is 17.8 Å². The second kappa shape index (κ2) is 6.25. The lowest BCUT2D eigenvalue weighted by Gasteiger charge is -2.29. The van der Waals surface area contributed by atoms with E-state index < -0.39 is 0 Å². The Morgan fingerprint density at radius 3 is 2.37 bits per heavy atom. The number of hydrogen-bond acceptors (Lipinski definition) is 2. The Morgan fingerprint density at radius 2 is 1.63 bits per heavy atom. The van der Waals surface area contributed by atoms with Gasteiger partial charge >= 0.3 is 0 Å².